The summed E-state index contributed by atoms with van der Waals surface area (Å²) in [5.41, 5.74) is 1.14. The molecule has 2 N–H and O–H groups in total. The Bertz CT molecular complexity index is 834. The summed E-state index contributed by atoms with van der Waals surface area (Å²) in [6.07, 6.45) is 1.84. The largest absolute Gasteiger partial charge is 0.376 e. The van der Waals surface area contributed by atoms with E-state index in [9.17, 15) is 9.59 Å². The van der Waals surface area contributed by atoms with Crippen molar-refractivity contribution in [3.63, 3.8) is 0 Å². The molecule has 0 spiro atoms. The minimum atomic E-state index is -0.294. The van der Waals surface area contributed by atoms with Gasteiger partial charge in [0.25, 0.3) is 11.5 Å². The molecule has 24 heavy (non-hydrogen) atoms. The second-order valence-corrected chi connectivity index (χ2v) is 7.19. The molecule has 1 atom stereocenters. The van der Waals surface area contributed by atoms with Crippen molar-refractivity contribution in [1.82, 2.24) is 20.1 Å². The number of hydrogen-bond donors (Lipinski definition) is 2. The van der Waals surface area contributed by atoms with Crippen molar-refractivity contribution in [2.45, 2.75) is 39.2 Å². The van der Waals surface area contributed by atoms with Gasteiger partial charge in [0.05, 0.1) is 16.6 Å². The van der Waals surface area contributed by atoms with Gasteiger partial charge in [-0.15, -0.1) is 0 Å². The first-order chi connectivity index (χ1) is 11.3. The van der Waals surface area contributed by atoms with E-state index in [2.05, 4.69) is 29.2 Å². The molecule has 1 saturated heterocycles. The Morgan fingerprint density at radius 1 is 1.54 bits per heavy atom. The molecular weight excluding hydrogens is 308 g/mol. The maximum atomic E-state index is 12.6. The first kappa shape index (κ1) is 16.7. The zero-order chi connectivity index (χ0) is 17.5. The Morgan fingerprint density at radius 2 is 2.29 bits per heavy atom. The van der Waals surface area contributed by atoms with Gasteiger partial charge in [0.2, 0.25) is 0 Å². The van der Waals surface area contributed by atoms with Crippen LogP contribution in [0.25, 0.3) is 11.0 Å². The van der Waals surface area contributed by atoms with E-state index in [1.54, 1.807) is 17.8 Å². The van der Waals surface area contributed by atoms with Crippen molar-refractivity contribution in [2.24, 2.45) is 13.0 Å². The summed E-state index contributed by atoms with van der Waals surface area (Å²) in [4.78, 5) is 29.1. The molecule has 0 saturated carbocycles. The third-order valence-corrected chi connectivity index (χ3v) is 4.54. The number of H-pyrrole nitrogens is 1. The normalized spacial score (nSPS) is 20.2. The van der Waals surface area contributed by atoms with Crippen molar-refractivity contribution in [2.75, 3.05) is 13.2 Å². The van der Waals surface area contributed by atoms with Crippen LogP contribution in [-0.4, -0.2) is 39.4 Å². The lowest BCUT2D eigenvalue weighted by Crippen LogP contribution is -2.39. The number of fused-ring (bicyclic) bond motifs is 1. The fourth-order valence-electron chi connectivity index (χ4n) is 3.43. The van der Waals surface area contributed by atoms with Crippen molar-refractivity contribution >= 4 is 16.9 Å². The number of hydrogen-bond acceptors (Lipinski definition) is 4. The molecule has 1 aliphatic heterocycles. The average molecular weight is 332 g/mol. The summed E-state index contributed by atoms with van der Waals surface area (Å²) in [6.45, 7) is 7.25. The van der Waals surface area contributed by atoms with Gasteiger partial charge < -0.3 is 10.1 Å². The molecule has 1 unspecified atom stereocenters. The van der Waals surface area contributed by atoms with E-state index < -0.39 is 0 Å². The summed E-state index contributed by atoms with van der Waals surface area (Å²) in [5, 5.41) is 5.97. The number of pyridine rings is 1. The number of carbonyl (C=O) groups excluding carboxylic acids is 1. The molecular formula is C17H24N4O3. The maximum absolute atomic E-state index is 12.6. The highest BCUT2D eigenvalue weighted by atomic mass is 16.5. The smallest absolute Gasteiger partial charge is 0.274 e. The Labute approximate surface area is 140 Å². The van der Waals surface area contributed by atoms with Gasteiger partial charge in [-0.3, -0.25) is 19.4 Å². The Balaban J connectivity index is 1.81. The lowest BCUT2D eigenvalue weighted by atomic mass is 9.88. The van der Waals surface area contributed by atoms with E-state index in [1.807, 2.05) is 6.92 Å². The average Bonchev–Trinajstić information content (AvgIpc) is 2.77. The predicted octanol–water partition coefficient (Wildman–Crippen LogP) is 1.51. The van der Waals surface area contributed by atoms with E-state index in [4.69, 9.17) is 4.74 Å². The van der Waals surface area contributed by atoms with Gasteiger partial charge in [0.1, 0.15) is 0 Å². The molecule has 0 radical (unpaired) electrons. The van der Waals surface area contributed by atoms with Crippen molar-refractivity contribution in [3.05, 3.63) is 27.7 Å². The minimum Gasteiger partial charge on any atom is -0.376 e. The van der Waals surface area contributed by atoms with Gasteiger partial charge in [-0.1, -0.05) is 0 Å². The van der Waals surface area contributed by atoms with Crippen LogP contribution in [0.3, 0.4) is 0 Å². The Morgan fingerprint density at radius 3 is 3.00 bits per heavy atom. The van der Waals surface area contributed by atoms with Gasteiger partial charge in [-0.2, -0.15) is 0 Å². The fraction of sp³-hybridized carbons (Fsp3) is 0.588. The summed E-state index contributed by atoms with van der Waals surface area (Å²) in [6, 6.07) is 1.67. The number of nitrogens with zero attached hydrogens (tertiary/aromatic N) is 2. The third kappa shape index (κ3) is 3.21. The minimum absolute atomic E-state index is 0.148. The zero-order valence-electron chi connectivity index (χ0n) is 14.6. The van der Waals surface area contributed by atoms with E-state index in [-0.39, 0.29) is 17.1 Å². The fourth-order valence-corrected chi connectivity index (χ4v) is 3.43. The van der Waals surface area contributed by atoms with Crippen LogP contribution in [0, 0.1) is 12.8 Å². The standard InChI is InChI=1S/C17H24N4O3/c1-10-7-12(13-14(19-10)21(4)20-16(13)23)15(22)18-9-11-5-6-24-17(2,3)8-11/h7,11H,5-6,8-9H2,1-4H3,(H,18,22)(H,20,23). The van der Waals surface area contributed by atoms with Crippen LogP contribution in [0.2, 0.25) is 0 Å². The maximum Gasteiger partial charge on any atom is 0.274 e. The second-order valence-electron chi connectivity index (χ2n) is 7.19. The van der Waals surface area contributed by atoms with Crippen LogP contribution in [0.1, 0.15) is 42.7 Å². The zero-order valence-corrected chi connectivity index (χ0v) is 14.6. The Hall–Kier alpha value is -2.15. The molecule has 0 aliphatic carbocycles. The molecule has 2 aromatic rings. The predicted molar refractivity (Wildman–Crippen MR) is 91.2 cm³/mol. The molecule has 1 aliphatic rings. The van der Waals surface area contributed by atoms with Crippen LogP contribution in [0.15, 0.2) is 10.9 Å². The molecule has 130 valence electrons. The van der Waals surface area contributed by atoms with E-state index in [0.29, 0.717) is 41.4 Å². The topological polar surface area (TPSA) is 89.0 Å². The number of aromatic amines is 1. The molecule has 7 nitrogen and oxygen atoms in total. The number of carbonyl (C=O) groups is 1. The number of ether oxygens (including phenoxy) is 1. The van der Waals surface area contributed by atoms with Gasteiger partial charge in [0.15, 0.2) is 5.65 Å². The Kier molecular flexibility index (Phi) is 4.21. The molecule has 1 amide bonds. The molecule has 3 heterocycles. The number of nitrogens with one attached hydrogen (secondary N) is 2. The highest BCUT2D eigenvalue weighted by Crippen LogP contribution is 2.28. The summed E-state index contributed by atoms with van der Waals surface area (Å²) >= 11 is 0. The van der Waals surface area contributed by atoms with E-state index >= 15 is 0 Å². The first-order valence-electron chi connectivity index (χ1n) is 8.25. The number of aryl methyl sites for hydroxylation is 2. The highest BCUT2D eigenvalue weighted by molar-refractivity contribution is 6.05. The monoisotopic (exact) mass is 332 g/mol. The van der Waals surface area contributed by atoms with Gasteiger partial charge in [0, 0.05) is 25.9 Å². The van der Waals surface area contributed by atoms with E-state index in [0.717, 1.165) is 12.8 Å². The van der Waals surface area contributed by atoms with Crippen molar-refractivity contribution in [3.8, 4) is 0 Å². The van der Waals surface area contributed by atoms with Gasteiger partial charge in [-0.05, 0) is 45.6 Å². The van der Waals surface area contributed by atoms with Gasteiger partial charge >= 0.3 is 0 Å². The van der Waals surface area contributed by atoms with Crippen LogP contribution < -0.4 is 10.9 Å². The number of aromatic nitrogens is 3. The van der Waals surface area contributed by atoms with Crippen LogP contribution in [0.5, 0.6) is 0 Å². The molecule has 7 heteroatoms. The highest BCUT2D eigenvalue weighted by Gasteiger charge is 2.29. The first-order valence-corrected chi connectivity index (χ1v) is 8.25. The lowest BCUT2D eigenvalue weighted by Gasteiger charge is -2.35. The summed E-state index contributed by atoms with van der Waals surface area (Å²) in [5.74, 6) is 0.150. The number of amides is 1. The van der Waals surface area contributed by atoms with Crippen molar-refractivity contribution in [1.29, 1.82) is 0 Å². The van der Waals surface area contributed by atoms with Crippen LogP contribution in [-0.2, 0) is 11.8 Å². The molecule has 2 aromatic heterocycles. The quantitative estimate of drug-likeness (QED) is 0.891. The summed E-state index contributed by atoms with van der Waals surface area (Å²) < 4.78 is 7.25. The van der Waals surface area contributed by atoms with Crippen molar-refractivity contribution < 1.29 is 9.53 Å². The van der Waals surface area contributed by atoms with E-state index in [1.165, 1.54) is 0 Å². The van der Waals surface area contributed by atoms with Gasteiger partial charge in [-0.25, -0.2) is 4.98 Å². The lowest BCUT2D eigenvalue weighted by molar-refractivity contribution is -0.0715. The molecule has 0 aromatic carbocycles. The molecule has 0 bridgehead atoms. The number of rotatable bonds is 3. The SMILES string of the molecule is Cc1cc(C(=O)NCC2CCOC(C)(C)C2)c2c(=O)[nH]n(C)c2n1. The van der Waals surface area contributed by atoms with Crippen LogP contribution >= 0.6 is 0 Å². The molecule has 3 rings (SSSR count). The molecule has 1 fully saturated rings. The summed E-state index contributed by atoms with van der Waals surface area (Å²) in [7, 11) is 1.71. The van der Waals surface area contributed by atoms with Crippen LogP contribution in [0.4, 0.5) is 0 Å². The second kappa shape index (κ2) is 6.05. The third-order valence-electron chi connectivity index (χ3n) is 4.54.